The third-order valence-electron chi connectivity index (χ3n) is 3.29. The monoisotopic (exact) mass is 183 g/mol. The zero-order valence-electron chi connectivity index (χ0n) is 8.38. The predicted molar refractivity (Wildman–Crippen MR) is 49.3 cm³/mol. The van der Waals surface area contributed by atoms with Crippen LogP contribution in [0.1, 0.15) is 26.2 Å². The first-order valence-corrected chi connectivity index (χ1v) is 4.98. The third-order valence-corrected chi connectivity index (χ3v) is 3.29. The Balaban J connectivity index is 1.95. The summed E-state index contributed by atoms with van der Waals surface area (Å²) in [5, 5.41) is 0. The average Bonchev–Trinajstić information content (AvgIpc) is 2.71. The van der Waals surface area contributed by atoms with Gasteiger partial charge in [0.15, 0.2) is 0 Å². The normalized spacial score (nSPS) is 30.2. The standard InChI is InChI=1S/C10H17NO2/c1-10(4-5-10)9(12)11(2)8-3-6-13-7-8/h8H,3-7H2,1-2H3. The van der Waals surface area contributed by atoms with E-state index in [1.54, 1.807) is 0 Å². The highest BCUT2D eigenvalue weighted by atomic mass is 16.5. The van der Waals surface area contributed by atoms with Crippen molar-refractivity contribution in [3.05, 3.63) is 0 Å². The van der Waals surface area contributed by atoms with E-state index in [-0.39, 0.29) is 5.41 Å². The molecule has 2 rings (SSSR count). The summed E-state index contributed by atoms with van der Waals surface area (Å²) in [5.41, 5.74) is -0.0304. The first kappa shape index (κ1) is 9.00. The number of carbonyl (C=O) groups is 1. The summed E-state index contributed by atoms with van der Waals surface area (Å²) in [6, 6.07) is 0.324. The molecule has 0 radical (unpaired) electrons. The van der Waals surface area contributed by atoms with Crippen LogP contribution in [0.2, 0.25) is 0 Å². The van der Waals surface area contributed by atoms with E-state index < -0.39 is 0 Å². The summed E-state index contributed by atoms with van der Waals surface area (Å²) >= 11 is 0. The van der Waals surface area contributed by atoms with Gasteiger partial charge in [-0.3, -0.25) is 4.79 Å². The number of carbonyl (C=O) groups excluding carboxylic acids is 1. The van der Waals surface area contributed by atoms with Crippen molar-refractivity contribution in [1.82, 2.24) is 4.90 Å². The summed E-state index contributed by atoms with van der Waals surface area (Å²) in [6.45, 7) is 3.58. The molecule has 74 valence electrons. The Morgan fingerprint density at radius 1 is 1.54 bits per heavy atom. The van der Waals surface area contributed by atoms with E-state index in [2.05, 4.69) is 6.92 Å². The molecule has 1 saturated heterocycles. The lowest BCUT2D eigenvalue weighted by Gasteiger charge is -2.26. The minimum atomic E-state index is -0.0304. The molecule has 1 atom stereocenters. The van der Waals surface area contributed by atoms with Crippen LogP contribution in [0.3, 0.4) is 0 Å². The molecule has 1 saturated carbocycles. The van der Waals surface area contributed by atoms with Crippen LogP contribution in [0.15, 0.2) is 0 Å². The quantitative estimate of drug-likeness (QED) is 0.640. The lowest BCUT2D eigenvalue weighted by molar-refractivity contribution is -0.137. The summed E-state index contributed by atoms with van der Waals surface area (Å²) in [4.78, 5) is 13.8. The van der Waals surface area contributed by atoms with Crippen LogP contribution in [-0.2, 0) is 9.53 Å². The minimum absolute atomic E-state index is 0.0304. The molecule has 0 aromatic rings. The molecule has 0 bridgehead atoms. The van der Waals surface area contributed by atoms with Crippen LogP contribution in [0, 0.1) is 5.41 Å². The van der Waals surface area contributed by atoms with Gasteiger partial charge in [-0.05, 0) is 19.3 Å². The minimum Gasteiger partial charge on any atom is -0.379 e. The summed E-state index contributed by atoms with van der Waals surface area (Å²) in [6.07, 6.45) is 3.12. The zero-order valence-corrected chi connectivity index (χ0v) is 8.38. The summed E-state index contributed by atoms with van der Waals surface area (Å²) < 4.78 is 5.27. The van der Waals surface area contributed by atoms with Gasteiger partial charge in [0, 0.05) is 19.1 Å². The molecule has 3 nitrogen and oxygen atoms in total. The van der Waals surface area contributed by atoms with Crippen molar-refractivity contribution in [2.75, 3.05) is 20.3 Å². The maximum Gasteiger partial charge on any atom is 0.228 e. The number of amides is 1. The number of hydrogen-bond acceptors (Lipinski definition) is 2. The molecular weight excluding hydrogens is 166 g/mol. The highest BCUT2D eigenvalue weighted by Crippen LogP contribution is 2.46. The lowest BCUT2D eigenvalue weighted by Crippen LogP contribution is -2.41. The van der Waals surface area contributed by atoms with Crippen molar-refractivity contribution in [2.45, 2.75) is 32.2 Å². The van der Waals surface area contributed by atoms with E-state index in [9.17, 15) is 4.79 Å². The number of rotatable bonds is 2. The third kappa shape index (κ3) is 1.57. The van der Waals surface area contributed by atoms with Gasteiger partial charge in [-0.25, -0.2) is 0 Å². The first-order chi connectivity index (χ1) is 6.13. The van der Waals surface area contributed by atoms with Gasteiger partial charge in [-0.15, -0.1) is 0 Å². The van der Waals surface area contributed by atoms with Crippen molar-refractivity contribution in [3.63, 3.8) is 0 Å². The molecular formula is C10H17NO2. The smallest absolute Gasteiger partial charge is 0.228 e. The van der Waals surface area contributed by atoms with Crippen LogP contribution in [0.4, 0.5) is 0 Å². The Labute approximate surface area is 79.0 Å². The van der Waals surface area contributed by atoms with Crippen LogP contribution in [-0.4, -0.2) is 37.1 Å². The van der Waals surface area contributed by atoms with Crippen LogP contribution in [0.25, 0.3) is 0 Å². The van der Waals surface area contributed by atoms with E-state index in [0.29, 0.717) is 11.9 Å². The second kappa shape index (κ2) is 2.98. The van der Waals surface area contributed by atoms with Crippen molar-refractivity contribution in [1.29, 1.82) is 0 Å². The van der Waals surface area contributed by atoms with Crippen LogP contribution < -0.4 is 0 Å². The number of ether oxygens (including phenoxy) is 1. The number of nitrogens with zero attached hydrogens (tertiary/aromatic N) is 1. The van der Waals surface area contributed by atoms with E-state index in [1.165, 1.54) is 0 Å². The molecule has 0 aromatic carbocycles. The summed E-state index contributed by atoms with van der Waals surface area (Å²) in [7, 11) is 1.91. The van der Waals surface area contributed by atoms with Gasteiger partial charge in [-0.1, -0.05) is 6.92 Å². The molecule has 1 amide bonds. The lowest BCUT2D eigenvalue weighted by atomic mass is 10.1. The number of hydrogen-bond donors (Lipinski definition) is 0. The highest BCUT2D eigenvalue weighted by molar-refractivity contribution is 5.84. The van der Waals surface area contributed by atoms with E-state index in [0.717, 1.165) is 32.5 Å². The molecule has 0 N–H and O–H groups in total. The fourth-order valence-corrected chi connectivity index (χ4v) is 1.82. The predicted octanol–water partition coefficient (Wildman–Crippen LogP) is 1.03. The van der Waals surface area contributed by atoms with Gasteiger partial charge in [0.1, 0.15) is 0 Å². The number of likely N-dealkylation sites (N-methyl/N-ethyl adjacent to an activating group) is 1. The first-order valence-electron chi connectivity index (χ1n) is 4.98. The molecule has 2 aliphatic rings. The Morgan fingerprint density at radius 2 is 2.23 bits per heavy atom. The van der Waals surface area contributed by atoms with Gasteiger partial charge in [-0.2, -0.15) is 0 Å². The van der Waals surface area contributed by atoms with Crippen molar-refractivity contribution in [3.8, 4) is 0 Å². The zero-order chi connectivity index (χ0) is 9.47. The Bertz CT molecular complexity index is 217. The van der Waals surface area contributed by atoms with Crippen molar-refractivity contribution >= 4 is 5.91 Å². The van der Waals surface area contributed by atoms with E-state index in [1.807, 2.05) is 11.9 Å². The second-order valence-electron chi connectivity index (χ2n) is 4.49. The van der Waals surface area contributed by atoms with Gasteiger partial charge < -0.3 is 9.64 Å². The molecule has 1 heterocycles. The largest absolute Gasteiger partial charge is 0.379 e. The summed E-state index contributed by atoms with van der Waals surface area (Å²) in [5.74, 6) is 0.308. The molecule has 13 heavy (non-hydrogen) atoms. The molecule has 0 spiro atoms. The molecule has 1 unspecified atom stereocenters. The Hall–Kier alpha value is -0.570. The van der Waals surface area contributed by atoms with Crippen LogP contribution in [0.5, 0.6) is 0 Å². The molecule has 1 aliphatic carbocycles. The Morgan fingerprint density at radius 3 is 2.69 bits per heavy atom. The van der Waals surface area contributed by atoms with Gasteiger partial charge in [0.2, 0.25) is 5.91 Å². The molecule has 0 aromatic heterocycles. The molecule has 2 fully saturated rings. The maximum absolute atomic E-state index is 11.9. The average molecular weight is 183 g/mol. The Kier molecular flexibility index (Phi) is 2.06. The van der Waals surface area contributed by atoms with E-state index in [4.69, 9.17) is 4.74 Å². The van der Waals surface area contributed by atoms with Crippen molar-refractivity contribution in [2.24, 2.45) is 5.41 Å². The highest BCUT2D eigenvalue weighted by Gasteiger charge is 2.47. The van der Waals surface area contributed by atoms with Gasteiger partial charge in [0.05, 0.1) is 12.6 Å². The van der Waals surface area contributed by atoms with Gasteiger partial charge in [0.25, 0.3) is 0 Å². The topological polar surface area (TPSA) is 29.5 Å². The van der Waals surface area contributed by atoms with E-state index >= 15 is 0 Å². The molecule has 3 heteroatoms. The maximum atomic E-state index is 11.9. The fourth-order valence-electron chi connectivity index (χ4n) is 1.82. The van der Waals surface area contributed by atoms with Gasteiger partial charge >= 0.3 is 0 Å². The second-order valence-corrected chi connectivity index (χ2v) is 4.49. The van der Waals surface area contributed by atoms with Crippen LogP contribution >= 0.6 is 0 Å². The fraction of sp³-hybridized carbons (Fsp3) is 0.900. The SMILES string of the molecule is CN(C(=O)C1(C)CC1)C1CCOC1. The molecule has 1 aliphatic heterocycles. The van der Waals surface area contributed by atoms with Crippen molar-refractivity contribution < 1.29 is 9.53 Å².